The molecule has 0 amide bonds. The van der Waals surface area contributed by atoms with E-state index < -0.39 is 0 Å². The van der Waals surface area contributed by atoms with Crippen molar-refractivity contribution < 1.29 is 4.74 Å². The van der Waals surface area contributed by atoms with Crippen LogP contribution in [0.5, 0.6) is 0 Å². The maximum atomic E-state index is 12.5. The first kappa shape index (κ1) is 19.3. The highest BCUT2D eigenvalue weighted by Crippen LogP contribution is 2.21. The van der Waals surface area contributed by atoms with Crippen LogP contribution in [0.25, 0.3) is 11.4 Å². The van der Waals surface area contributed by atoms with Gasteiger partial charge in [0, 0.05) is 37.4 Å². The van der Waals surface area contributed by atoms with Crippen LogP contribution in [-0.2, 0) is 24.1 Å². The van der Waals surface area contributed by atoms with Gasteiger partial charge in [0.1, 0.15) is 5.82 Å². The Morgan fingerprint density at radius 2 is 1.86 bits per heavy atom. The normalized spacial score (nSPS) is 18.1. The monoisotopic (exact) mass is 381 g/mol. The fourth-order valence-corrected chi connectivity index (χ4v) is 4.43. The molecule has 1 N–H and O–H groups in total. The van der Waals surface area contributed by atoms with Crippen molar-refractivity contribution in [1.29, 1.82) is 0 Å². The number of H-pyrrole nitrogens is 1. The lowest BCUT2D eigenvalue weighted by molar-refractivity contribution is 0.0549. The first-order valence-corrected chi connectivity index (χ1v) is 10.7. The van der Waals surface area contributed by atoms with Gasteiger partial charge < -0.3 is 14.6 Å². The summed E-state index contributed by atoms with van der Waals surface area (Å²) in [5.41, 5.74) is 4.21. The van der Waals surface area contributed by atoms with Crippen LogP contribution < -0.4 is 5.56 Å². The van der Waals surface area contributed by atoms with E-state index in [2.05, 4.69) is 41.2 Å². The third-order valence-corrected chi connectivity index (χ3v) is 6.03. The number of fused-ring (bicyclic) bond motifs is 1. The number of aromatic nitrogens is 2. The number of rotatable bonds is 5. The molecule has 5 nitrogen and oxygen atoms in total. The molecule has 1 aromatic carbocycles. The van der Waals surface area contributed by atoms with E-state index in [9.17, 15) is 4.79 Å². The Morgan fingerprint density at radius 3 is 2.64 bits per heavy atom. The van der Waals surface area contributed by atoms with Gasteiger partial charge in [-0.15, -0.1) is 0 Å². The van der Waals surface area contributed by atoms with Crippen molar-refractivity contribution in [3.8, 4) is 11.4 Å². The second-order valence-corrected chi connectivity index (χ2v) is 8.35. The molecular formula is C23H31N3O2. The molecule has 4 rings (SSSR count). The minimum absolute atomic E-state index is 0.0437. The van der Waals surface area contributed by atoms with E-state index in [-0.39, 0.29) is 5.56 Å². The number of hydrogen-bond donors (Lipinski definition) is 1. The van der Waals surface area contributed by atoms with Gasteiger partial charge in [0.15, 0.2) is 0 Å². The molecule has 1 aromatic heterocycles. The molecule has 1 aliphatic heterocycles. The first-order chi connectivity index (χ1) is 13.7. The van der Waals surface area contributed by atoms with Gasteiger partial charge in [-0.25, -0.2) is 4.98 Å². The molecule has 0 unspecified atom stereocenters. The summed E-state index contributed by atoms with van der Waals surface area (Å²) in [5.74, 6) is 1.44. The van der Waals surface area contributed by atoms with E-state index in [0.717, 1.165) is 74.7 Å². The Balaban J connectivity index is 1.43. The summed E-state index contributed by atoms with van der Waals surface area (Å²) in [5, 5.41) is 0. The lowest BCUT2D eigenvalue weighted by Gasteiger charge is -2.27. The predicted octanol–water partition coefficient (Wildman–Crippen LogP) is 3.56. The molecule has 150 valence electrons. The largest absolute Gasteiger partial charge is 0.381 e. The van der Waals surface area contributed by atoms with Crippen molar-refractivity contribution in [2.75, 3.05) is 26.8 Å². The molecule has 0 bridgehead atoms. The van der Waals surface area contributed by atoms with Crippen LogP contribution in [0.15, 0.2) is 29.1 Å². The second kappa shape index (κ2) is 9.01. The van der Waals surface area contributed by atoms with E-state index in [1.807, 2.05) is 0 Å². The maximum absolute atomic E-state index is 12.5. The topological polar surface area (TPSA) is 58.2 Å². The van der Waals surface area contributed by atoms with Crippen LogP contribution in [0.1, 0.15) is 48.9 Å². The van der Waals surface area contributed by atoms with Gasteiger partial charge in [-0.3, -0.25) is 4.79 Å². The van der Waals surface area contributed by atoms with Gasteiger partial charge in [-0.1, -0.05) is 30.7 Å². The van der Waals surface area contributed by atoms with Crippen LogP contribution in [0.3, 0.4) is 0 Å². The Labute approximate surface area is 167 Å². The van der Waals surface area contributed by atoms with Crippen LogP contribution in [0.2, 0.25) is 0 Å². The second-order valence-electron chi connectivity index (χ2n) is 8.35. The minimum Gasteiger partial charge on any atom is -0.381 e. The third-order valence-electron chi connectivity index (χ3n) is 6.03. The van der Waals surface area contributed by atoms with Crippen LogP contribution >= 0.6 is 0 Å². The number of nitrogens with zero attached hydrogens (tertiary/aromatic N) is 2. The number of aromatic amines is 1. The summed E-state index contributed by atoms with van der Waals surface area (Å²) in [6, 6.07) is 8.47. The lowest BCUT2D eigenvalue weighted by atomic mass is 9.99. The summed E-state index contributed by atoms with van der Waals surface area (Å²) < 4.78 is 5.46. The molecular weight excluding hydrogens is 350 g/mol. The third kappa shape index (κ3) is 4.70. The Bertz CT molecular complexity index is 838. The van der Waals surface area contributed by atoms with Gasteiger partial charge in [-0.2, -0.15) is 0 Å². The summed E-state index contributed by atoms with van der Waals surface area (Å²) in [7, 11) is 2.19. The highest BCUT2D eigenvalue weighted by molar-refractivity contribution is 5.55. The van der Waals surface area contributed by atoms with Gasteiger partial charge in [0.2, 0.25) is 0 Å². The van der Waals surface area contributed by atoms with E-state index in [1.54, 1.807) is 0 Å². The summed E-state index contributed by atoms with van der Waals surface area (Å²) >= 11 is 0. The van der Waals surface area contributed by atoms with Crippen molar-refractivity contribution in [2.24, 2.45) is 5.92 Å². The highest BCUT2D eigenvalue weighted by atomic mass is 16.5. The molecule has 0 radical (unpaired) electrons. The standard InChI is InChI=1S/C23H31N3O2/c1-26(16-18-11-13-28-14-12-18)15-17-7-9-19(10-8-17)22-24-21-6-4-2-3-5-20(21)23(27)25-22/h7-10,18H,2-6,11-16H2,1H3,(H,24,25,27). The van der Waals surface area contributed by atoms with Crippen LogP contribution in [0, 0.1) is 5.92 Å². The zero-order chi connectivity index (χ0) is 19.3. The molecule has 1 saturated heterocycles. The molecule has 1 aliphatic carbocycles. The van der Waals surface area contributed by atoms with Gasteiger partial charge in [-0.05, 0) is 57.1 Å². The van der Waals surface area contributed by atoms with E-state index in [1.165, 1.54) is 24.8 Å². The number of aryl methyl sites for hydroxylation is 1. The van der Waals surface area contributed by atoms with Crippen LogP contribution in [-0.4, -0.2) is 41.7 Å². The minimum atomic E-state index is 0.0437. The zero-order valence-corrected chi connectivity index (χ0v) is 16.9. The van der Waals surface area contributed by atoms with Crippen LogP contribution in [0.4, 0.5) is 0 Å². The van der Waals surface area contributed by atoms with Gasteiger partial charge in [0.25, 0.3) is 5.56 Å². The maximum Gasteiger partial charge on any atom is 0.254 e. The molecule has 0 atom stereocenters. The molecule has 0 spiro atoms. The molecule has 28 heavy (non-hydrogen) atoms. The molecule has 2 aliphatic rings. The molecule has 5 heteroatoms. The summed E-state index contributed by atoms with van der Waals surface area (Å²) in [6.07, 6.45) is 7.51. The molecule has 1 fully saturated rings. The SMILES string of the molecule is CN(Cc1ccc(-c2nc3c(c(=O)[nH]2)CCCCC3)cc1)CC1CCOCC1. The Morgan fingerprint density at radius 1 is 1.11 bits per heavy atom. The molecule has 2 heterocycles. The Kier molecular flexibility index (Phi) is 6.23. The zero-order valence-electron chi connectivity index (χ0n) is 16.9. The van der Waals surface area contributed by atoms with E-state index in [4.69, 9.17) is 9.72 Å². The lowest BCUT2D eigenvalue weighted by Crippen LogP contribution is -2.29. The number of hydrogen-bond acceptors (Lipinski definition) is 4. The number of ether oxygens (including phenoxy) is 1. The van der Waals surface area contributed by atoms with Gasteiger partial charge >= 0.3 is 0 Å². The Hall–Kier alpha value is -1.98. The quantitative estimate of drug-likeness (QED) is 0.805. The fraction of sp³-hybridized carbons (Fsp3) is 0.565. The average Bonchev–Trinajstić information content (AvgIpc) is 2.95. The molecule has 0 saturated carbocycles. The smallest absolute Gasteiger partial charge is 0.254 e. The van der Waals surface area contributed by atoms with Crippen molar-refractivity contribution in [3.63, 3.8) is 0 Å². The summed E-state index contributed by atoms with van der Waals surface area (Å²) in [4.78, 5) is 22.7. The van der Waals surface area contributed by atoms with Crippen molar-refractivity contribution in [2.45, 2.75) is 51.5 Å². The van der Waals surface area contributed by atoms with E-state index in [0.29, 0.717) is 5.82 Å². The summed E-state index contributed by atoms with van der Waals surface area (Å²) in [6.45, 7) is 3.86. The van der Waals surface area contributed by atoms with Crippen molar-refractivity contribution in [1.82, 2.24) is 14.9 Å². The molecule has 2 aromatic rings. The van der Waals surface area contributed by atoms with E-state index >= 15 is 0 Å². The predicted molar refractivity (Wildman–Crippen MR) is 111 cm³/mol. The van der Waals surface area contributed by atoms with Crippen molar-refractivity contribution >= 4 is 0 Å². The van der Waals surface area contributed by atoms with Gasteiger partial charge in [0.05, 0.1) is 5.69 Å². The highest BCUT2D eigenvalue weighted by Gasteiger charge is 2.17. The van der Waals surface area contributed by atoms with Crippen molar-refractivity contribution in [3.05, 3.63) is 51.4 Å². The number of nitrogens with one attached hydrogen (secondary N) is 1. The fourth-order valence-electron chi connectivity index (χ4n) is 4.43. The first-order valence-electron chi connectivity index (χ1n) is 10.7. The average molecular weight is 382 g/mol. The number of benzene rings is 1.